The Bertz CT molecular complexity index is 7810. The fourth-order valence-electron chi connectivity index (χ4n) is 17.7. The van der Waals surface area contributed by atoms with Gasteiger partial charge in [-0.25, -0.2) is 15.0 Å². The smallest absolute Gasteiger partial charge is 0.146 e. The molecule has 1 atom stereocenters. The van der Waals surface area contributed by atoms with Crippen molar-refractivity contribution in [3.05, 3.63) is 413 Å². The molecule has 0 spiro atoms. The molecule has 0 aliphatic heterocycles. The maximum absolute atomic E-state index is 5.30. The Morgan fingerprint density at radius 2 is 0.471 bits per heavy atom. The van der Waals surface area contributed by atoms with E-state index in [0.717, 1.165) is 77.2 Å². The molecule has 121 heavy (non-hydrogen) atoms. The molecule has 0 saturated heterocycles. The molecule has 0 saturated carbocycles. The molecule has 1 unspecified atom stereocenters. The fourth-order valence-corrected chi connectivity index (χ4v) is 24.7. The van der Waals surface area contributed by atoms with Crippen LogP contribution in [-0.4, -0.2) is 60.2 Å². The van der Waals surface area contributed by atoms with Gasteiger partial charge < -0.3 is 0 Å². The van der Waals surface area contributed by atoms with Crippen molar-refractivity contribution in [2.24, 2.45) is 0 Å². The number of hydrogen-bond donors (Lipinski definition) is 0. The number of fused-ring (bicyclic) bond motifs is 28. The van der Waals surface area contributed by atoms with Crippen molar-refractivity contribution in [1.82, 2.24) is 43.1 Å². The third-order valence-corrected chi connectivity index (χ3v) is 30.3. The standard InChI is InChI=1S/C39H25N2P.C37H23N4P.C30H20N3P.2H2S.H2Se/c1-3-11-28-23-30(19-17-26(28)9-1)42(31-20-18-27-10-2-4-12-29(27)24-31)32-21-22-38-36(25-32)40-39-35-15-6-5-13-33(35)34-14-7-8-16-37(34)41(38)39;1-2-11-31-29(9-1)30-10-3-4-12-35(30)41-36-18-17-28(23-34(36)40-37(31)41)42(26-15-13-24-7-5-19-38-32(24)21-26)27-16-14-25-8-6-20-39-33(25)22-27;1-2-9-21(10-3-1)34(23-11-8-18-31-20-23)22-16-17-29-27(19-22)32-30-26-14-5-4-12-24(26)25-13-6-7-15-28(25)33(29)30;;;/h1-25H;1-23H;1-20H;3*1H2. The average molecular weight is 1710 g/mol. The van der Waals surface area contributed by atoms with Gasteiger partial charge in [-0.3, -0.25) is 28.2 Å². The summed E-state index contributed by atoms with van der Waals surface area (Å²) in [4.78, 5) is 29.5. The third-order valence-electron chi connectivity index (χ3n) is 23.1. The van der Waals surface area contributed by atoms with Crippen LogP contribution in [0.1, 0.15) is 0 Å². The van der Waals surface area contributed by atoms with E-state index in [1.54, 1.807) is 0 Å². The molecule has 9 heterocycles. The van der Waals surface area contributed by atoms with Gasteiger partial charge in [-0.1, -0.05) is 291 Å². The third kappa shape index (κ3) is 13.4. The average Bonchev–Trinajstić information content (AvgIpc) is 1.60. The molecule has 0 aliphatic carbocycles. The Kier molecular flexibility index (Phi) is 20.4. The van der Waals surface area contributed by atoms with E-state index in [4.69, 9.17) is 15.0 Å². The monoisotopic (exact) mass is 1710 g/mol. The number of hydrogen-bond acceptors (Lipinski definition) is 6. The summed E-state index contributed by atoms with van der Waals surface area (Å²) < 4.78 is 6.97. The van der Waals surface area contributed by atoms with Crippen molar-refractivity contribution in [3.8, 4) is 0 Å². The maximum atomic E-state index is 5.30. The molecule has 0 radical (unpaired) electrons. The van der Waals surface area contributed by atoms with Gasteiger partial charge in [0, 0.05) is 73.2 Å². The summed E-state index contributed by atoms with van der Waals surface area (Å²) in [5.74, 6) is 0. The van der Waals surface area contributed by atoms with Gasteiger partial charge in [-0.2, -0.15) is 27.0 Å². The second kappa shape index (κ2) is 32.2. The molecule has 0 aliphatic rings. The molecule has 25 aromatic rings. The Balaban J connectivity index is 0.000000115. The van der Waals surface area contributed by atoms with Crippen LogP contribution in [0.2, 0.25) is 0 Å². The number of para-hydroxylation sites is 3. The van der Waals surface area contributed by atoms with E-state index in [-0.39, 0.29) is 44.1 Å². The zero-order valence-electron chi connectivity index (χ0n) is 65.1. The van der Waals surface area contributed by atoms with Gasteiger partial charge in [-0.05, 0) is 201 Å². The summed E-state index contributed by atoms with van der Waals surface area (Å²) in [5.41, 5.74) is 15.0. The maximum Gasteiger partial charge on any atom is 0.146 e. The number of benzene rings is 16. The number of aromatic nitrogens is 9. The number of nitrogens with zero attached hydrogens (tertiary/aromatic N) is 9. The Morgan fingerprint density at radius 3 is 0.851 bits per heavy atom. The van der Waals surface area contributed by atoms with Gasteiger partial charge in [0.1, 0.15) is 16.9 Å². The van der Waals surface area contributed by atoms with Crippen LogP contribution in [0.5, 0.6) is 0 Å². The SMILES string of the molecule is S.S.[SeH2].c1ccc(P(c2cccnc2)c2ccc3c(c2)nc2c4ccccc4c4ccccc4n32)cc1.c1ccc2cc(P(c3ccc4ccccc4c3)c3ccc4c(c3)nc3c5ccccc5c5ccccc5n43)ccc2c1.c1cnc2cc(P(c3ccc4cccnc4c3)c3ccc4c(c3)nc3c5ccccc5c5ccccc5n43)ccc2c1. The van der Waals surface area contributed by atoms with E-state index in [2.05, 4.69) is 398 Å². The first-order valence-corrected chi connectivity index (χ1v) is 43.7. The van der Waals surface area contributed by atoms with Crippen LogP contribution < -0.4 is 47.7 Å². The van der Waals surface area contributed by atoms with Crippen molar-refractivity contribution in [2.45, 2.75) is 0 Å². The summed E-state index contributed by atoms with van der Waals surface area (Å²) in [5, 5.41) is 29.9. The summed E-state index contributed by atoms with van der Waals surface area (Å²) in [6, 6.07) is 140. The quantitative estimate of drug-likeness (QED) is 0.0812. The number of pyridine rings is 6. The van der Waals surface area contributed by atoms with E-state index in [0.29, 0.717) is 0 Å². The summed E-state index contributed by atoms with van der Waals surface area (Å²) in [6.45, 7) is 0. The molecular formula is C106H74N9P3S2Se. The minimum atomic E-state index is -0.893. The molecule has 576 valence electrons. The minimum absolute atomic E-state index is 0. The van der Waals surface area contributed by atoms with Gasteiger partial charge in [-0.15, -0.1) is 0 Å². The van der Waals surface area contributed by atoms with E-state index in [1.165, 1.54) is 129 Å². The Labute approximate surface area is 724 Å². The van der Waals surface area contributed by atoms with E-state index in [9.17, 15) is 0 Å². The topological polar surface area (TPSA) is 90.6 Å². The molecule has 9 nitrogen and oxygen atoms in total. The first kappa shape index (κ1) is 76.6. The zero-order chi connectivity index (χ0) is 77.7. The minimum Gasteiger partial charge on any atom is -0.292 e. The van der Waals surface area contributed by atoms with Crippen molar-refractivity contribution in [2.75, 3.05) is 0 Å². The van der Waals surface area contributed by atoms with Gasteiger partial charge in [0.05, 0.1) is 60.7 Å². The molecular weight excluding hydrogens is 1640 g/mol. The predicted molar refractivity (Wildman–Crippen MR) is 532 cm³/mol. The van der Waals surface area contributed by atoms with E-state index < -0.39 is 23.8 Å². The molecule has 25 rings (SSSR count). The Morgan fingerprint density at radius 1 is 0.190 bits per heavy atom. The second-order valence-electron chi connectivity index (χ2n) is 29.9. The number of rotatable bonds is 9. The summed E-state index contributed by atoms with van der Waals surface area (Å²) in [6.07, 6.45) is 7.56. The van der Waals surface area contributed by atoms with Gasteiger partial charge in [0.25, 0.3) is 0 Å². The first-order chi connectivity index (χ1) is 58.5. The first-order valence-electron chi connectivity index (χ1n) is 39.7. The molecule has 16 aromatic carbocycles. The molecule has 9 aromatic heterocycles. The fraction of sp³-hybridized carbons (Fsp3) is 0. The van der Waals surface area contributed by atoms with Gasteiger partial charge >= 0.3 is 17.1 Å². The summed E-state index contributed by atoms with van der Waals surface area (Å²) >= 11 is 0. The predicted octanol–water partition coefficient (Wildman–Crippen LogP) is 21.8. The van der Waals surface area contributed by atoms with Crippen LogP contribution in [0, 0.1) is 0 Å². The van der Waals surface area contributed by atoms with Crippen LogP contribution in [0.3, 0.4) is 0 Å². The van der Waals surface area contributed by atoms with Crippen LogP contribution in [0.15, 0.2) is 413 Å². The molecule has 0 bridgehead atoms. The van der Waals surface area contributed by atoms with E-state index >= 15 is 0 Å². The zero-order valence-corrected chi connectivity index (χ0v) is 71.9. The normalized spacial score (nSPS) is 11.9. The van der Waals surface area contributed by atoms with Crippen LogP contribution in [0.25, 0.3) is 158 Å². The van der Waals surface area contributed by atoms with Crippen molar-refractivity contribution in [3.63, 3.8) is 0 Å². The largest absolute Gasteiger partial charge is 0.292 e. The van der Waals surface area contributed by atoms with Crippen molar-refractivity contribution < 1.29 is 0 Å². The van der Waals surface area contributed by atoms with Gasteiger partial charge in [0.15, 0.2) is 0 Å². The van der Waals surface area contributed by atoms with Crippen molar-refractivity contribution in [1.29, 1.82) is 0 Å². The van der Waals surface area contributed by atoms with E-state index in [1.807, 2.05) is 43.0 Å². The second-order valence-corrected chi connectivity index (χ2v) is 36.6. The van der Waals surface area contributed by atoms with Crippen LogP contribution >= 0.6 is 50.8 Å². The number of imidazole rings is 3. The van der Waals surface area contributed by atoms with Crippen LogP contribution in [0.4, 0.5) is 0 Å². The summed E-state index contributed by atoms with van der Waals surface area (Å²) in [7, 11) is -2.44. The molecule has 0 fully saturated rings. The van der Waals surface area contributed by atoms with Crippen LogP contribution in [-0.2, 0) is 0 Å². The van der Waals surface area contributed by atoms with Crippen molar-refractivity contribution >= 4 is 274 Å². The van der Waals surface area contributed by atoms with Gasteiger partial charge in [0.2, 0.25) is 0 Å². The molecule has 15 heteroatoms. The molecule has 0 N–H and O–H groups in total. The molecule has 0 amide bonds. The Hall–Kier alpha value is -13.1.